The molecule has 0 spiro atoms. The van der Waals surface area contributed by atoms with Crippen LogP contribution in [-0.4, -0.2) is 28.3 Å². The first-order chi connectivity index (χ1) is 12.5. The van der Waals surface area contributed by atoms with Gasteiger partial charge in [0.2, 0.25) is 5.91 Å². The summed E-state index contributed by atoms with van der Waals surface area (Å²) in [5.41, 5.74) is 2.88. The molecular formula is C17H15ClN4O3S. The second kappa shape index (κ2) is 7.77. The number of ether oxygens (including phenoxy) is 1. The number of carbonyl (C=O) groups excluding carboxylic acids is 1. The third-order valence-corrected chi connectivity index (χ3v) is 4.80. The maximum absolute atomic E-state index is 13.1. The standard InChI is InChI=1S/C17H15ClN4O3S/c1-25-12-5-3-11(4-6-12)22-16(24)13-8-10(18)2-7-14(13)20-17(22)26-9-15(23)21-19/h2-8H,9,19H2,1H3,(H,21,23). The van der Waals surface area contributed by atoms with E-state index in [0.29, 0.717) is 32.5 Å². The van der Waals surface area contributed by atoms with E-state index in [0.717, 1.165) is 11.8 Å². The molecule has 0 atom stereocenters. The van der Waals surface area contributed by atoms with Crippen molar-refractivity contribution in [3.8, 4) is 11.4 Å². The van der Waals surface area contributed by atoms with E-state index in [9.17, 15) is 9.59 Å². The molecule has 3 N–H and O–H groups in total. The average Bonchev–Trinajstić information content (AvgIpc) is 2.67. The highest BCUT2D eigenvalue weighted by molar-refractivity contribution is 7.99. The molecule has 0 aliphatic rings. The molecule has 0 saturated carbocycles. The van der Waals surface area contributed by atoms with E-state index in [-0.39, 0.29) is 17.2 Å². The summed E-state index contributed by atoms with van der Waals surface area (Å²) < 4.78 is 6.59. The van der Waals surface area contributed by atoms with E-state index < -0.39 is 0 Å². The quantitative estimate of drug-likeness (QED) is 0.227. The van der Waals surface area contributed by atoms with Crippen LogP contribution in [0.3, 0.4) is 0 Å². The van der Waals surface area contributed by atoms with Crippen molar-refractivity contribution in [2.75, 3.05) is 12.9 Å². The van der Waals surface area contributed by atoms with Crippen molar-refractivity contribution < 1.29 is 9.53 Å². The minimum absolute atomic E-state index is 0.0260. The van der Waals surface area contributed by atoms with Gasteiger partial charge in [-0.05, 0) is 42.5 Å². The zero-order valence-corrected chi connectivity index (χ0v) is 15.3. The molecule has 1 aromatic heterocycles. The third kappa shape index (κ3) is 3.67. The van der Waals surface area contributed by atoms with E-state index in [4.69, 9.17) is 22.2 Å². The number of hydrogen-bond acceptors (Lipinski definition) is 6. The Hall–Kier alpha value is -2.55. The van der Waals surface area contributed by atoms with Crippen molar-refractivity contribution in [2.45, 2.75) is 5.16 Å². The molecular weight excluding hydrogens is 376 g/mol. The van der Waals surface area contributed by atoms with Crippen LogP contribution >= 0.6 is 23.4 Å². The molecule has 0 bridgehead atoms. The fraction of sp³-hybridized carbons (Fsp3) is 0.118. The van der Waals surface area contributed by atoms with Crippen LogP contribution in [0.25, 0.3) is 16.6 Å². The van der Waals surface area contributed by atoms with E-state index in [2.05, 4.69) is 10.4 Å². The zero-order valence-electron chi connectivity index (χ0n) is 13.7. The van der Waals surface area contributed by atoms with Crippen LogP contribution in [0.4, 0.5) is 0 Å². The molecule has 3 rings (SSSR count). The highest BCUT2D eigenvalue weighted by Crippen LogP contribution is 2.24. The number of aromatic nitrogens is 2. The Morgan fingerprint density at radius 3 is 2.69 bits per heavy atom. The summed E-state index contributed by atoms with van der Waals surface area (Å²) in [6, 6.07) is 11.9. The van der Waals surface area contributed by atoms with Gasteiger partial charge in [0.25, 0.3) is 5.56 Å². The normalized spacial score (nSPS) is 10.7. The first-order valence-electron chi connectivity index (χ1n) is 7.52. The lowest BCUT2D eigenvalue weighted by Crippen LogP contribution is -2.32. The van der Waals surface area contributed by atoms with E-state index in [1.54, 1.807) is 49.6 Å². The van der Waals surface area contributed by atoms with Crippen LogP contribution in [0, 0.1) is 0 Å². The number of hydrogen-bond donors (Lipinski definition) is 2. The first kappa shape index (κ1) is 18.2. The maximum atomic E-state index is 13.1. The molecule has 2 aromatic carbocycles. The smallest absolute Gasteiger partial charge is 0.266 e. The molecule has 9 heteroatoms. The number of rotatable bonds is 5. The minimum Gasteiger partial charge on any atom is -0.497 e. The fourth-order valence-electron chi connectivity index (χ4n) is 2.36. The van der Waals surface area contributed by atoms with Gasteiger partial charge in [-0.1, -0.05) is 23.4 Å². The molecule has 7 nitrogen and oxygen atoms in total. The predicted octanol–water partition coefficient (Wildman–Crippen LogP) is 2.13. The van der Waals surface area contributed by atoms with Crippen LogP contribution in [0.15, 0.2) is 52.4 Å². The molecule has 0 radical (unpaired) electrons. The van der Waals surface area contributed by atoms with Gasteiger partial charge in [-0.2, -0.15) is 0 Å². The molecule has 26 heavy (non-hydrogen) atoms. The fourth-order valence-corrected chi connectivity index (χ4v) is 3.36. The van der Waals surface area contributed by atoms with Gasteiger partial charge in [-0.25, -0.2) is 10.8 Å². The van der Waals surface area contributed by atoms with Crippen molar-refractivity contribution in [1.82, 2.24) is 15.0 Å². The summed E-state index contributed by atoms with van der Waals surface area (Å²) in [6.45, 7) is 0. The number of methoxy groups -OCH3 is 1. The van der Waals surface area contributed by atoms with Crippen molar-refractivity contribution in [3.63, 3.8) is 0 Å². The molecule has 0 aliphatic carbocycles. The summed E-state index contributed by atoms with van der Waals surface area (Å²) in [6.07, 6.45) is 0. The largest absolute Gasteiger partial charge is 0.497 e. The van der Waals surface area contributed by atoms with Crippen LogP contribution < -0.4 is 21.6 Å². The first-order valence-corrected chi connectivity index (χ1v) is 8.89. The highest BCUT2D eigenvalue weighted by atomic mass is 35.5. The van der Waals surface area contributed by atoms with Gasteiger partial charge in [0.1, 0.15) is 5.75 Å². The molecule has 3 aromatic rings. The number of halogens is 1. The SMILES string of the molecule is COc1ccc(-n2c(SCC(=O)NN)nc3ccc(Cl)cc3c2=O)cc1. The molecule has 134 valence electrons. The lowest BCUT2D eigenvalue weighted by Gasteiger charge is -2.13. The van der Waals surface area contributed by atoms with Gasteiger partial charge in [0.05, 0.1) is 29.5 Å². The predicted molar refractivity (Wildman–Crippen MR) is 102 cm³/mol. The van der Waals surface area contributed by atoms with Crippen molar-refractivity contribution >= 4 is 40.2 Å². The van der Waals surface area contributed by atoms with Crippen molar-refractivity contribution in [1.29, 1.82) is 0 Å². The number of nitrogens with two attached hydrogens (primary N) is 1. The lowest BCUT2D eigenvalue weighted by molar-refractivity contribution is -0.118. The van der Waals surface area contributed by atoms with Gasteiger partial charge in [0.15, 0.2) is 5.16 Å². The maximum Gasteiger partial charge on any atom is 0.266 e. The number of nitrogens with zero attached hydrogens (tertiary/aromatic N) is 2. The Morgan fingerprint density at radius 1 is 1.31 bits per heavy atom. The summed E-state index contributed by atoms with van der Waals surface area (Å²) in [4.78, 5) is 29.1. The summed E-state index contributed by atoms with van der Waals surface area (Å²) in [5, 5.41) is 1.21. The van der Waals surface area contributed by atoms with Gasteiger partial charge in [-0.15, -0.1) is 0 Å². The summed E-state index contributed by atoms with van der Waals surface area (Å²) in [5.74, 6) is 5.44. The zero-order chi connectivity index (χ0) is 18.7. The minimum atomic E-state index is -0.373. The van der Waals surface area contributed by atoms with E-state index in [1.807, 2.05) is 0 Å². The van der Waals surface area contributed by atoms with Crippen LogP contribution in [-0.2, 0) is 4.79 Å². The van der Waals surface area contributed by atoms with Crippen LogP contribution in [0.5, 0.6) is 5.75 Å². The molecule has 0 unspecified atom stereocenters. The van der Waals surface area contributed by atoms with Gasteiger partial charge in [0, 0.05) is 5.02 Å². The average molecular weight is 391 g/mol. The number of benzene rings is 2. The van der Waals surface area contributed by atoms with Crippen molar-refractivity contribution in [3.05, 3.63) is 57.8 Å². The van der Waals surface area contributed by atoms with Gasteiger partial charge >= 0.3 is 0 Å². The van der Waals surface area contributed by atoms with E-state index >= 15 is 0 Å². The van der Waals surface area contributed by atoms with Crippen LogP contribution in [0.2, 0.25) is 5.02 Å². The Kier molecular flexibility index (Phi) is 5.46. The number of amides is 1. The molecule has 0 aliphatic heterocycles. The Morgan fingerprint density at radius 2 is 2.04 bits per heavy atom. The van der Waals surface area contributed by atoms with Crippen LogP contribution in [0.1, 0.15) is 0 Å². The summed E-state index contributed by atoms with van der Waals surface area (Å²) in [7, 11) is 1.56. The Balaban J connectivity index is 2.19. The molecule has 0 saturated heterocycles. The topological polar surface area (TPSA) is 99.2 Å². The highest BCUT2D eigenvalue weighted by Gasteiger charge is 2.15. The number of hydrazine groups is 1. The Labute approximate surface area is 158 Å². The lowest BCUT2D eigenvalue weighted by atomic mass is 10.2. The van der Waals surface area contributed by atoms with Gasteiger partial charge < -0.3 is 4.74 Å². The number of nitrogens with one attached hydrogen (secondary N) is 1. The number of thioether (sulfide) groups is 1. The Bertz CT molecular complexity index is 1020. The monoisotopic (exact) mass is 390 g/mol. The van der Waals surface area contributed by atoms with Crippen molar-refractivity contribution in [2.24, 2.45) is 5.84 Å². The van der Waals surface area contributed by atoms with E-state index in [1.165, 1.54) is 4.57 Å². The second-order valence-corrected chi connectivity index (χ2v) is 6.63. The second-order valence-electron chi connectivity index (χ2n) is 5.25. The third-order valence-electron chi connectivity index (χ3n) is 3.62. The van der Waals surface area contributed by atoms with Gasteiger partial charge in [-0.3, -0.25) is 19.6 Å². The number of carbonyl (C=O) groups is 1. The summed E-state index contributed by atoms with van der Waals surface area (Å²) >= 11 is 7.14. The molecule has 0 fully saturated rings. The number of fused-ring (bicyclic) bond motifs is 1. The molecule has 1 amide bonds. The molecule has 1 heterocycles.